The Balaban J connectivity index is 2.96. The van der Waals surface area contributed by atoms with E-state index in [0.29, 0.717) is 0 Å². The number of ether oxygens (including phenoxy) is 1. The standard InChI is InChI=1S/C9H10FNO3/c1-14-9(13)8(11)5-2-3-7(12)6(10)4-5/h2-4,8,12H,11H2,1H3. The average Bonchev–Trinajstić information content (AvgIpc) is 2.20. The van der Waals surface area contributed by atoms with Crippen LogP contribution in [0.15, 0.2) is 18.2 Å². The second-order valence-corrected chi connectivity index (χ2v) is 2.71. The molecule has 0 fully saturated rings. The number of halogens is 1. The van der Waals surface area contributed by atoms with Gasteiger partial charge in [0.2, 0.25) is 0 Å². The monoisotopic (exact) mass is 199 g/mol. The van der Waals surface area contributed by atoms with Crippen LogP contribution in [0.2, 0.25) is 0 Å². The van der Waals surface area contributed by atoms with Gasteiger partial charge in [-0.2, -0.15) is 0 Å². The fourth-order valence-corrected chi connectivity index (χ4v) is 0.980. The zero-order valence-electron chi connectivity index (χ0n) is 7.53. The van der Waals surface area contributed by atoms with Crippen LogP contribution in [0.5, 0.6) is 5.75 Å². The summed E-state index contributed by atoms with van der Waals surface area (Å²) in [5.41, 5.74) is 5.70. The van der Waals surface area contributed by atoms with Gasteiger partial charge in [-0.25, -0.2) is 4.39 Å². The Hall–Kier alpha value is -1.62. The Morgan fingerprint density at radius 2 is 2.29 bits per heavy atom. The smallest absolute Gasteiger partial charge is 0.327 e. The van der Waals surface area contributed by atoms with Gasteiger partial charge in [-0.05, 0) is 17.7 Å². The first-order chi connectivity index (χ1) is 6.56. The minimum Gasteiger partial charge on any atom is -0.505 e. The van der Waals surface area contributed by atoms with Crippen LogP contribution in [-0.4, -0.2) is 18.2 Å². The van der Waals surface area contributed by atoms with E-state index in [0.717, 1.165) is 12.1 Å². The Bertz CT molecular complexity index is 354. The van der Waals surface area contributed by atoms with Gasteiger partial charge in [-0.3, -0.25) is 4.79 Å². The van der Waals surface area contributed by atoms with E-state index in [4.69, 9.17) is 10.8 Å². The Kier molecular flexibility index (Phi) is 3.03. The molecule has 5 heteroatoms. The maximum atomic E-state index is 12.8. The molecule has 0 aliphatic carbocycles. The molecule has 14 heavy (non-hydrogen) atoms. The second kappa shape index (κ2) is 4.06. The molecule has 3 N–H and O–H groups in total. The molecule has 1 unspecified atom stereocenters. The molecule has 0 aliphatic rings. The molecule has 1 atom stereocenters. The van der Waals surface area contributed by atoms with Crippen LogP contribution in [-0.2, 0) is 9.53 Å². The Morgan fingerprint density at radius 3 is 2.79 bits per heavy atom. The van der Waals surface area contributed by atoms with Crippen molar-refractivity contribution in [3.63, 3.8) is 0 Å². The summed E-state index contributed by atoms with van der Waals surface area (Å²) in [7, 11) is 1.19. The highest BCUT2D eigenvalue weighted by atomic mass is 19.1. The molecule has 0 aromatic heterocycles. The number of carbonyl (C=O) groups excluding carboxylic acids is 1. The van der Waals surface area contributed by atoms with Gasteiger partial charge in [0, 0.05) is 0 Å². The molecule has 0 saturated heterocycles. The summed E-state index contributed by atoms with van der Waals surface area (Å²) >= 11 is 0. The number of methoxy groups -OCH3 is 1. The van der Waals surface area contributed by atoms with E-state index in [9.17, 15) is 9.18 Å². The molecule has 0 radical (unpaired) electrons. The molecule has 0 heterocycles. The molecule has 0 bridgehead atoms. The fraction of sp³-hybridized carbons (Fsp3) is 0.222. The molecule has 76 valence electrons. The lowest BCUT2D eigenvalue weighted by atomic mass is 10.1. The van der Waals surface area contributed by atoms with Gasteiger partial charge in [-0.1, -0.05) is 6.07 Å². The van der Waals surface area contributed by atoms with E-state index in [1.807, 2.05) is 0 Å². The molecular weight excluding hydrogens is 189 g/mol. The van der Waals surface area contributed by atoms with Crippen LogP contribution in [0, 0.1) is 5.82 Å². The Morgan fingerprint density at radius 1 is 1.64 bits per heavy atom. The van der Waals surface area contributed by atoms with E-state index in [2.05, 4.69) is 4.74 Å². The van der Waals surface area contributed by atoms with Gasteiger partial charge < -0.3 is 15.6 Å². The van der Waals surface area contributed by atoms with E-state index in [-0.39, 0.29) is 5.56 Å². The molecule has 1 rings (SSSR count). The lowest BCUT2D eigenvalue weighted by Gasteiger charge is -2.09. The summed E-state index contributed by atoms with van der Waals surface area (Å²) < 4.78 is 17.2. The van der Waals surface area contributed by atoms with Gasteiger partial charge in [0.25, 0.3) is 0 Å². The van der Waals surface area contributed by atoms with E-state index >= 15 is 0 Å². The number of phenolic OH excluding ortho intramolecular Hbond substituents is 1. The highest BCUT2D eigenvalue weighted by molar-refractivity contribution is 5.77. The zero-order valence-corrected chi connectivity index (χ0v) is 7.53. The van der Waals surface area contributed by atoms with E-state index < -0.39 is 23.6 Å². The lowest BCUT2D eigenvalue weighted by molar-refractivity contribution is -0.142. The van der Waals surface area contributed by atoms with Crippen LogP contribution >= 0.6 is 0 Å². The summed E-state index contributed by atoms with van der Waals surface area (Å²) in [6.07, 6.45) is 0. The molecule has 0 saturated carbocycles. The van der Waals surface area contributed by atoms with Crippen molar-refractivity contribution in [2.24, 2.45) is 5.73 Å². The van der Waals surface area contributed by atoms with Crippen molar-refractivity contribution in [1.29, 1.82) is 0 Å². The summed E-state index contributed by atoms with van der Waals surface area (Å²) in [4.78, 5) is 11.0. The van der Waals surface area contributed by atoms with Crippen LogP contribution in [0.4, 0.5) is 4.39 Å². The number of aromatic hydroxyl groups is 1. The fourth-order valence-electron chi connectivity index (χ4n) is 0.980. The number of rotatable bonds is 2. The second-order valence-electron chi connectivity index (χ2n) is 2.71. The van der Waals surface area contributed by atoms with Crippen LogP contribution < -0.4 is 5.73 Å². The summed E-state index contributed by atoms with van der Waals surface area (Å²) in [6.45, 7) is 0. The first-order valence-electron chi connectivity index (χ1n) is 3.88. The predicted molar refractivity (Wildman–Crippen MR) is 47.0 cm³/mol. The normalized spacial score (nSPS) is 12.2. The van der Waals surface area contributed by atoms with E-state index in [1.165, 1.54) is 13.2 Å². The number of carbonyl (C=O) groups is 1. The van der Waals surface area contributed by atoms with Crippen LogP contribution in [0.25, 0.3) is 0 Å². The van der Waals surface area contributed by atoms with Crippen molar-refractivity contribution in [2.45, 2.75) is 6.04 Å². The molecule has 0 aliphatic heterocycles. The number of nitrogens with two attached hydrogens (primary N) is 1. The number of benzene rings is 1. The SMILES string of the molecule is COC(=O)C(N)c1ccc(O)c(F)c1. The third kappa shape index (κ3) is 2.00. The summed E-state index contributed by atoms with van der Waals surface area (Å²) in [6, 6.07) is 2.46. The first-order valence-corrected chi connectivity index (χ1v) is 3.88. The van der Waals surface area contributed by atoms with Gasteiger partial charge in [0.1, 0.15) is 6.04 Å². The lowest BCUT2D eigenvalue weighted by Crippen LogP contribution is -2.22. The Labute approximate surface area is 80.1 Å². The minimum absolute atomic E-state index is 0.257. The van der Waals surface area contributed by atoms with Crippen molar-refractivity contribution >= 4 is 5.97 Å². The van der Waals surface area contributed by atoms with Gasteiger partial charge >= 0.3 is 5.97 Å². The number of phenols is 1. The third-order valence-corrected chi connectivity index (χ3v) is 1.79. The van der Waals surface area contributed by atoms with Crippen LogP contribution in [0.3, 0.4) is 0 Å². The van der Waals surface area contributed by atoms with Gasteiger partial charge in [0.05, 0.1) is 7.11 Å². The number of hydrogen-bond donors (Lipinski definition) is 2. The van der Waals surface area contributed by atoms with Gasteiger partial charge in [0.15, 0.2) is 11.6 Å². The third-order valence-electron chi connectivity index (χ3n) is 1.79. The average molecular weight is 199 g/mol. The van der Waals surface area contributed by atoms with Crippen molar-refractivity contribution < 1.29 is 19.0 Å². The van der Waals surface area contributed by atoms with E-state index in [1.54, 1.807) is 0 Å². The minimum atomic E-state index is -1.03. The molecule has 0 amide bonds. The van der Waals surface area contributed by atoms with Crippen molar-refractivity contribution in [3.05, 3.63) is 29.6 Å². The summed E-state index contributed by atoms with van der Waals surface area (Å²) in [5.74, 6) is -1.96. The van der Waals surface area contributed by atoms with Crippen LogP contribution in [0.1, 0.15) is 11.6 Å². The van der Waals surface area contributed by atoms with Crippen molar-refractivity contribution in [2.75, 3.05) is 7.11 Å². The molecule has 4 nitrogen and oxygen atoms in total. The maximum Gasteiger partial charge on any atom is 0.327 e. The predicted octanol–water partition coefficient (Wildman–Crippen LogP) is 0.704. The quantitative estimate of drug-likeness (QED) is 0.688. The largest absolute Gasteiger partial charge is 0.505 e. The molecule has 0 spiro atoms. The molecular formula is C9H10FNO3. The van der Waals surface area contributed by atoms with Crippen molar-refractivity contribution in [1.82, 2.24) is 0 Å². The maximum absolute atomic E-state index is 12.8. The topological polar surface area (TPSA) is 72.5 Å². The molecule has 1 aromatic carbocycles. The zero-order chi connectivity index (χ0) is 10.7. The highest BCUT2D eigenvalue weighted by Crippen LogP contribution is 2.20. The molecule has 1 aromatic rings. The number of hydrogen-bond acceptors (Lipinski definition) is 4. The van der Waals surface area contributed by atoms with Gasteiger partial charge in [-0.15, -0.1) is 0 Å². The van der Waals surface area contributed by atoms with Crippen molar-refractivity contribution in [3.8, 4) is 5.75 Å². The summed E-state index contributed by atoms with van der Waals surface area (Å²) in [5, 5.41) is 8.89. The highest BCUT2D eigenvalue weighted by Gasteiger charge is 2.17. The number of esters is 1. The first kappa shape index (κ1) is 10.5.